The molecular formula is C20H26F3N5O2. The van der Waals surface area contributed by atoms with Crippen LogP contribution in [0.15, 0.2) is 30.6 Å². The van der Waals surface area contributed by atoms with Gasteiger partial charge >= 0.3 is 12.1 Å². The molecule has 0 spiro atoms. The van der Waals surface area contributed by atoms with E-state index in [4.69, 9.17) is 9.90 Å². The molecule has 164 valence electrons. The van der Waals surface area contributed by atoms with E-state index in [-0.39, 0.29) is 0 Å². The molecule has 1 N–H and O–H groups in total. The molecule has 2 aromatic rings. The highest BCUT2D eigenvalue weighted by molar-refractivity contribution is 5.73. The summed E-state index contributed by atoms with van der Waals surface area (Å²) >= 11 is 0. The Bertz CT molecular complexity index is 798. The number of halogens is 3. The van der Waals surface area contributed by atoms with Gasteiger partial charge < -0.3 is 10.0 Å². The van der Waals surface area contributed by atoms with Gasteiger partial charge in [-0.05, 0) is 56.8 Å². The summed E-state index contributed by atoms with van der Waals surface area (Å²) in [5.41, 5.74) is 1.77. The van der Waals surface area contributed by atoms with E-state index in [0.29, 0.717) is 0 Å². The molecule has 30 heavy (non-hydrogen) atoms. The smallest absolute Gasteiger partial charge is 0.475 e. The van der Waals surface area contributed by atoms with Crippen LogP contribution < -0.4 is 0 Å². The topological polar surface area (TPSA) is 84.1 Å². The molecule has 2 aromatic heterocycles. The van der Waals surface area contributed by atoms with Crippen LogP contribution in [0.25, 0.3) is 11.4 Å². The van der Waals surface area contributed by atoms with Crippen LogP contribution in [0.5, 0.6) is 0 Å². The van der Waals surface area contributed by atoms with Gasteiger partial charge in [0.15, 0.2) is 0 Å². The zero-order chi connectivity index (χ0) is 21.6. The number of likely N-dealkylation sites (tertiary alicyclic amines) is 1. The maximum Gasteiger partial charge on any atom is 0.490 e. The molecule has 10 heteroatoms. The van der Waals surface area contributed by atoms with Gasteiger partial charge in [-0.25, -0.2) is 4.79 Å². The standard InChI is InChI=1S/C18H25N5.C2HF3O2/c1-2-6-16(5-1)22-11-8-15(9-12-22)13-23-14-18(20-21-23)17-7-3-4-10-19-17;3-2(4,5)1(6)7/h3-4,7,10,14-16H,1-2,5-6,8-9,11-13H2;(H,6,7). The summed E-state index contributed by atoms with van der Waals surface area (Å²) in [6.07, 6.45) is 7.02. The third kappa shape index (κ3) is 6.25. The minimum atomic E-state index is -5.08. The molecule has 3 heterocycles. The molecule has 4 rings (SSSR count). The summed E-state index contributed by atoms with van der Waals surface area (Å²) < 4.78 is 33.7. The maximum atomic E-state index is 10.6. The quantitative estimate of drug-likeness (QED) is 0.805. The number of pyridine rings is 1. The van der Waals surface area contributed by atoms with Crippen molar-refractivity contribution in [3.8, 4) is 11.4 Å². The maximum absolute atomic E-state index is 10.6. The number of carbonyl (C=O) groups is 1. The molecule has 2 aliphatic rings. The molecule has 1 aliphatic heterocycles. The number of carboxylic acid groups (broad SMARTS) is 1. The summed E-state index contributed by atoms with van der Waals surface area (Å²) in [5.74, 6) is -2.03. The van der Waals surface area contributed by atoms with E-state index in [0.717, 1.165) is 29.9 Å². The highest BCUT2D eigenvalue weighted by atomic mass is 19.4. The van der Waals surface area contributed by atoms with Gasteiger partial charge in [-0.15, -0.1) is 5.10 Å². The second kappa shape index (κ2) is 10.0. The monoisotopic (exact) mass is 425 g/mol. The predicted octanol–water partition coefficient (Wildman–Crippen LogP) is 3.63. The van der Waals surface area contributed by atoms with Crippen molar-refractivity contribution in [3.63, 3.8) is 0 Å². The lowest BCUT2D eigenvalue weighted by Crippen LogP contribution is -2.40. The lowest BCUT2D eigenvalue weighted by molar-refractivity contribution is -0.192. The van der Waals surface area contributed by atoms with E-state index in [1.165, 1.54) is 51.6 Å². The number of hydrogen-bond donors (Lipinski definition) is 1. The number of aromatic nitrogens is 4. The number of piperidine rings is 1. The second-order valence-corrected chi connectivity index (χ2v) is 7.76. The van der Waals surface area contributed by atoms with Gasteiger partial charge in [-0.2, -0.15) is 13.2 Å². The fourth-order valence-electron chi connectivity index (χ4n) is 4.05. The average Bonchev–Trinajstić information content (AvgIpc) is 3.41. The third-order valence-electron chi connectivity index (χ3n) is 5.64. The number of hydrogen-bond acceptors (Lipinski definition) is 5. The summed E-state index contributed by atoms with van der Waals surface area (Å²) in [5, 5.41) is 15.7. The van der Waals surface area contributed by atoms with Crippen LogP contribution in [-0.2, 0) is 11.3 Å². The predicted molar refractivity (Wildman–Crippen MR) is 103 cm³/mol. The van der Waals surface area contributed by atoms with Crippen molar-refractivity contribution in [1.29, 1.82) is 0 Å². The third-order valence-corrected chi connectivity index (χ3v) is 5.64. The van der Waals surface area contributed by atoms with E-state index >= 15 is 0 Å². The van der Waals surface area contributed by atoms with Gasteiger partial charge in [-0.1, -0.05) is 24.1 Å². The first-order chi connectivity index (χ1) is 14.3. The van der Waals surface area contributed by atoms with Gasteiger partial charge in [-0.3, -0.25) is 9.67 Å². The van der Waals surface area contributed by atoms with Gasteiger partial charge in [0.1, 0.15) is 5.69 Å². The van der Waals surface area contributed by atoms with E-state index in [1.807, 2.05) is 29.1 Å². The Morgan fingerprint density at radius 1 is 1.10 bits per heavy atom. The molecule has 1 saturated carbocycles. The Kier molecular flexibility index (Phi) is 7.41. The Hall–Kier alpha value is -2.49. The van der Waals surface area contributed by atoms with Crippen LogP contribution in [0.4, 0.5) is 13.2 Å². The zero-order valence-corrected chi connectivity index (χ0v) is 16.6. The SMILES string of the molecule is O=C(O)C(F)(F)F.c1ccc(-c2cn(CC3CCN(C4CCCC4)CC3)nn2)nc1. The van der Waals surface area contributed by atoms with Crippen molar-refractivity contribution in [1.82, 2.24) is 24.9 Å². The summed E-state index contributed by atoms with van der Waals surface area (Å²) in [7, 11) is 0. The second-order valence-electron chi connectivity index (χ2n) is 7.76. The number of aliphatic carboxylic acids is 1. The van der Waals surface area contributed by atoms with Crippen LogP contribution >= 0.6 is 0 Å². The first-order valence-electron chi connectivity index (χ1n) is 10.2. The molecule has 0 unspecified atom stereocenters. The largest absolute Gasteiger partial charge is 0.490 e. The number of alkyl halides is 3. The molecular weight excluding hydrogens is 399 g/mol. The van der Waals surface area contributed by atoms with Crippen LogP contribution in [0.3, 0.4) is 0 Å². The van der Waals surface area contributed by atoms with Crippen LogP contribution in [-0.4, -0.2) is 61.3 Å². The van der Waals surface area contributed by atoms with E-state index in [9.17, 15) is 13.2 Å². The molecule has 1 saturated heterocycles. The fourth-order valence-corrected chi connectivity index (χ4v) is 4.05. The van der Waals surface area contributed by atoms with Crippen molar-refractivity contribution in [2.45, 2.75) is 57.3 Å². The fraction of sp³-hybridized carbons (Fsp3) is 0.600. The van der Waals surface area contributed by atoms with E-state index in [2.05, 4.69) is 20.2 Å². The van der Waals surface area contributed by atoms with Gasteiger partial charge in [0.05, 0.1) is 11.9 Å². The number of nitrogens with zero attached hydrogens (tertiary/aromatic N) is 5. The molecule has 0 atom stereocenters. The van der Waals surface area contributed by atoms with E-state index < -0.39 is 12.1 Å². The van der Waals surface area contributed by atoms with Crippen LogP contribution in [0.1, 0.15) is 38.5 Å². The van der Waals surface area contributed by atoms with Gasteiger partial charge in [0, 0.05) is 18.8 Å². The Labute approximate surface area is 172 Å². The average molecular weight is 425 g/mol. The number of carboxylic acids is 1. The van der Waals surface area contributed by atoms with E-state index in [1.54, 1.807) is 6.20 Å². The highest BCUT2D eigenvalue weighted by Crippen LogP contribution is 2.28. The van der Waals surface area contributed by atoms with Crippen molar-refractivity contribution in [3.05, 3.63) is 30.6 Å². The zero-order valence-electron chi connectivity index (χ0n) is 16.6. The number of rotatable bonds is 4. The first-order valence-corrected chi connectivity index (χ1v) is 10.2. The molecule has 0 bridgehead atoms. The Balaban J connectivity index is 0.000000318. The minimum Gasteiger partial charge on any atom is -0.475 e. The molecule has 2 fully saturated rings. The van der Waals surface area contributed by atoms with Crippen molar-refractivity contribution in [2.24, 2.45) is 5.92 Å². The van der Waals surface area contributed by atoms with Crippen molar-refractivity contribution < 1.29 is 23.1 Å². The molecule has 0 amide bonds. The summed E-state index contributed by atoms with van der Waals surface area (Å²) in [6.45, 7) is 3.51. The summed E-state index contributed by atoms with van der Waals surface area (Å²) in [6, 6.07) is 6.76. The Morgan fingerprint density at radius 3 is 2.33 bits per heavy atom. The van der Waals surface area contributed by atoms with Gasteiger partial charge in [0.2, 0.25) is 0 Å². The first kappa shape index (κ1) is 22.2. The molecule has 1 aliphatic carbocycles. The van der Waals surface area contributed by atoms with Crippen LogP contribution in [0.2, 0.25) is 0 Å². The Morgan fingerprint density at radius 2 is 1.77 bits per heavy atom. The molecule has 7 nitrogen and oxygen atoms in total. The van der Waals surface area contributed by atoms with Crippen molar-refractivity contribution >= 4 is 5.97 Å². The lowest BCUT2D eigenvalue weighted by Gasteiger charge is -2.35. The molecule has 0 radical (unpaired) electrons. The lowest BCUT2D eigenvalue weighted by atomic mass is 9.95. The minimum absolute atomic E-state index is 0.728. The molecule has 0 aromatic carbocycles. The van der Waals surface area contributed by atoms with Gasteiger partial charge in [0.25, 0.3) is 0 Å². The normalized spacial score (nSPS) is 18.8. The highest BCUT2D eigenvalue weighted by Gasteiger charge is 2.38. The summed E-state index contributed by atoms with van der Waals surface area (Å²) in [4.78, 5) is 16.0. The van der Waals surface area contributed by atoms with Crippen LogP contribution in [0, 0.1) is 5.92 Å². The van der Waals surface area contributed by atoms with Crippen molar-refractivity contribution in [2.75, 3.05) is 13.1 Å².